The highest BCUT2D eigenvalue weighted by Gasteiger charge is 2.41. The maximum absolute atomic E-state index is 13.1. The highest BCUT2D eigenvalue weighted by molar-refractivity contribution is 6.04. The summed E-state index contributed by atoms with van der Waals surface area (Å²) in [7, 11) is 1.55. The SMILES string of the molecule is CCOC(=O)c1ccc2c(c(/C=C/c3cccc(C(C)=O)c3)nn2C(c2ccccc2)(c2ccccc2)c2ccccc2)c1OC. The Morgan fingerprint density at radius 3 is 1.87 bits per heavy atom. The number of Topliss-reactive ketones (excluding diaryl/α,β-unsaturated/α-hetero) is 1. The van der Waals surface area contributed by atoms with E-state index in [0.29, 0.717) is 28.0 Å². The molecule has 6 aromatic rings. The Bertz CT molecular complexity index is 1930. The third kappa shape index (κ3) is 5.39. The highest BCUT2D eigenvalue weighted by atomic mass is 16.5. The Kier molecular flexibility index (Phi) is 8.61. The van der Waals surface area contributed by atoms with E-state index in [4.69, 9.17) is 14.6 Å². The first-order valence-electron chi connectivity index (χ1n) is 15.2. The number of benzene rings is 5. The second kappa shape index (κ2) is 13.1. The summed E-state index contributed by atoms with van der Waals surface area (Å²) in [5.74, 6) is -0.106. The second-order valence-corrected chi connectivity index (χ2v) is 10.9. The van der Waals surface area contributed by atoms with Crippen LogP contribution in [0.25, 0.3) is 23.1 Å². The third-order valence-corrected chi connectivity index (χ3v) is 8.15. The summed E-state index contributed by atoms with van der Waals surface area (Å²) in [5, 5.41) is 6.02. The van der Waals surface area contributed by atoms with Gasteiger partial charge in [-0.3, -0.25) is 4.79 Å². The van der Waals surface area contributed by atoms with E-state index < -0.39 is 11.5 Å². The average Bonchev–Trinajstić information content (AvgIpc) is 3.47. The number of carbonyl (C=O) groups excluding carboxylic acids is 2. The molecule has 0 bridgehead atoms. The quantitative estimate of drug-likeness (QED) is 0.0889. The summed E-state index contributed by atoms with van der Waals surface area (Å²) in [6, 6.07) is 42.0. The van der Waals surface area contributed by atoms with Crippen molar-refractivity contribution in [3.8, 4) is 5.75 Å². The minimum Gasteiger partial charge on any atom is -0.495 e. The van der Waals surface area contributed by atoms with Gasteiger partial charge in [0, 0.05) is 5.56 Å². The van der Waals surface area contributed by atoms with Crippen LogP contribution in [0.4, 0.5) is 0 Å². The lowest BCUT2D eigenvalue weighted by Gasteiger charge is -2.37. The maximum atomic E-state index is 13.1. The third-order valence-electron chi connectivity index (χ3n) is 8.15. The lowest BCUT2D eigenvalue weighted by molar-refractivity contribution is 0.0523. The summed E-state index contributed by atoms with van der Waals surface area (Å²) in [6.45, 7) is 3.56. The Morgan fingerprint density at radius 1 is 0.761 bits per heavy atom. The summed E-state index contributed by atoms with van der Waals surface area (Å²) in [6.07, 6.45) is 3.82. The molecule has 0 saturated carbocycles. The van der Waals surface area contributed by atoms with Gasteiger partial charge in [0.05, 0.1) is 30.3 Å². The van der Waals surface area contributed by atoms with Gasteiger partial charge in [0.25, 0.3) is 0 Å². The number of hydrogen-bond acceptors (Lipinski definition) is 5. The molecule has 228 valence electrons. The monoisotopic (exact) mass is 606 g/mol. The highest BCUT2D eigenvalue weighted by Crippen LogP contribution is 2.45. The van der Waals surface area contributed by atoms with Crippen LogP contribution in [0.2, 0.25) is 0 Å². The minimum absolute atomic E-state index is 0.0101. The van der Waals surface area contributed by atoms with Gasteiger partial charge in [-0.2, -0.15) is 5.10 Å². The van der Waals surface area contributed by atoms with Crippen LogP contribution in [0.15, 0.2) is 127 Å². The summed E-state index contributed by atoms with van der Waals surface area (Å²) >= 11 is 0. The lowest BCUT2D eigenvalue weighted by atomic mass is 9.77. The zero-order chi connectivity index (χ0) is 32.1. The average molecular weight is 607 g/mol. The summed E-state index contributed by atoms with van der Waals surface area (Å²) in [4.78, 5) is 25.3. The van der Waals surface area contributed by atoms with Crippen molar-refractivity contribution in [3.63, 3.8) is 0 Å². The van der Waals surface area contributed by atoms with E-state index >= 15 is 0 Å². The second-order valence-electron chi connectivity index (χ2n) is 10.9. The zero-order valence-corrected chi connectivity index (χ0v) is 26.0. The van der Waals surface area contributed by atoms with Crippen LogP contribution < -0.4 is 4.74 Å². The van der Waals surface area contributed by atoms with Gasteiger partial charge in [-0.1, -0.05) is 115 Å². The first-order valence-corrected chi connectivity index (χ1v) is 15.2. The molecule has 6 rings (SSSR count). The number of hydrogen-bond donors (Lipinski definition) is 0. The molecule has 0 spiro atoms. The molecule has 0 fully saturated rings. The van der Waals surface area contributed by atoms with Crippen LogP contribution in [0.3, 0.4) is 0 Å². The fourth-order valence-corrected chi connectivity index (χ4v) is 6.10. The molecule has 0 saturated heterocycles. The molecular weight excluding hydrogens is 572 g/mol. The van der Waals surface area contributed by atoms with Crippen LogP contribution >= 0.6 is 0 Å². The first kappa shape index (κ1) is 30.3. The standard InChI is InChI=1S/C40H34N2O4/c1-4-46-39(44)34-24-26-36-37(38(34)45-3)35(25-23-29-15-14-16-30(27-29)28(2)43)41-42(36)40(31-17-8-5-9-18-31,32-19-10-6-11-20-32)33-21-12-7-13-22-33/h5-27H,4H2,1-3H3/b25-23+. The lowest BCUT2D eigenvalue weighted by Crippen LogP contribution is -2.38. The molecule has 0 aliphatic heterocycles. The first-order chi connectivity index (χ1) is 22.5. The largest absolute Gasteiger partial charge is 0.495 e. The fourth-order valence-electron chi connectivity index (χ4n) is 6.10. The molecule has 0 aliphatic rings. The van der Waals surface area contributed by atoms with E-state index in [-0.39, 0.29) is 12.4 Å². The van der Waals surface area contributed by atoms with Crippen LogP contribution in [0.1, 0.15) is 62.5 Å². The number of carbonyl (C=O) groups is 2. The van der Waals surface area contributed by atoms with Crippen LogP contribution in [-0.2, 0) is 10.3 Å². The Labute approximate surface area is 268 Å². The molecule has 6 heteroatoms. The number of ether oxygens (including phenoxy) is 2. The summed E-state index contributed by atoms with van der Waals surface area (Å²) < 4.78 is 13.4. The van der Waals surface area contributed by atoms with E-state index in [2.05, 4.69) is 36.4 Å². The molecule has 0 atom stereocenters. The molecule has 1 aromatic heterocycles. The van der Waals surface area contributed by atoms with Gasteiger partial charge in [-0.15, -0.1) is 0 Å². The molecular formula is C40H34N2O4. The van der Waals surface area contributed by atoms with Gasteiger partial charge in [-0.05, 0) is 60.4 Å². The maximum Gasteiger partial charge on any atom is 0.341 e. The predicted octanol–water partition coefficient (Wildman–Crippen LogP) is 8.43. The Balaban J connectivity index is 1.73. The van der Waals surface area contributed by atoms with Crippen molar-refractivity contribution >= 4 is 34.8 Å². The van der Waals surface area contributed by atoms with E-state index in [1.54, 1.807) is 33.1 Å². The van der Waals surface area contributed by atoms with Crippen molar-refractivity contribution in [2.24, 2.45) is 0 Å². The van der Waals surface area contributed by atoms with Gasteiger partial charge in [-0.25, -0.2) is 9.48 Å². The number of nitrogens with zero attached hydrogens (tertiary/aromatic N) is 2. The molecule has 46 heavy (non-hydrogen) atoms. The molecule has 0 N–H and O–H groups in total. The number of rotatable bonds is 10. The van der Waals surface area contributed by atoms with Gasteiger partial charge in [0.1, 0.15) is 16.9 Å². The number of esters is 1. The molecule has 0 aliphatic carbocycles. The number of methoxy groups -OCH3 is 1. The van der Waals surface area contributed by atoms with Crippen molar-refractivity contribution in [1.82, 2.24) is 9.78 Å². The van der Waals surface area contributed by atoms with Crippen molar-refractivity contribution < 1.29 is 19.1 Å². The van der Waals surface area contributed by atoms with Crippen LogP contribution in [-0.4, -0.2) is 35.2 Å². The number of aromatic nitrogens is 2. The molecule has 5 aromatic carbocycles. The van der Waals surface area contributed by atoms with Gasteiger partial charge in [0.2, 0.25) is 0 Å². The van der Waals surface area contributed by atoms with E-state index in [1.165, 1.54) is 0 Å². The van der Waals surface area contributed by atoms with Crippen LogP contribution in [0.5, 0.6) is 5.75 Å². The van der Waals surface area contributed by atoms with Gasteiger partial charge >= 0.3 is 5.97 Å². The van der Waals surface area contributed by atoms with E-state index in [9.17, 15) is 9.59 Å². The molecule has 6 nitrogen and oxygen atoms in total. The molecule has 1 heterocycles. The van der Waals surface area contributed by atoms with Gasteiger partial charge in [0.15, 0.2) is 5.78 Å². The smallest absolute Gasteiger partial charge is 0.341 e. The Hall–Kier alpha value is -5.75. The Morgan fingerprint density at radius 2 is 1.35 bits per heavy atom. The minimum atomic E-state index is -0.904. The number of ketones is 1. The number of fused-ring (bicyclic) bond motifs is 1. The van der Waals surface area contributed by atoms with Crippen molar-refractivity contribution in [1.29, 1.82) is 0 Å². The van der Waals surface area contributed by atoms with Crippen molar-refractivity contribution in [2.75, 3.05) is 13.7 Å². The molecule has 0 unspecified atom stereocenters. The van der Waals surface area contributed by atoms with E-state index in [1.807, 2.05) is 95.7 Å². The summed E-state index contributed by atoms with van der Waals surface area (Å²) in [5.41, 5.74) is 5.26. The van der Waals surface area contributed by atoms with E-state index in [0.717, 1.165) is 27.8 Å². The van der Waals surface area contributed by atoms with Gasteiger partial charge < -0.3 is 9.47 Å². The van der Waals surface area contributed by atoms with Crippen molar-refractivity contribution in [3.05, 3.63) is 166 Å². The topological polar surface area (TPSA) is 70.4 Å². The molecule has 0 radical (unpaired) electrons. The predicted molar refractivity (Wildman–Crippen MR) is 182 cm³/mol. The normalized spacial score (nSPS) is 11.5. The van der Waals surface area contributed by atoms with Crippen molar-refractivity contribution in [2.45, 2.75) is 19.4 Å². The zero-order valence-electron chi connectivity index (χ0n) is 26.0. The molecule has 0 amide bonds. The fraction of sp³-hybridized carbons (Fsp3) is 0.125. The van der Waals surface area contributed by atoms with Crippen LogP contribution in [0, 0.1) is 0 Å².